The van der Waals surface area contributed by atoms with E-state index in [1.165, 1.54) is 0 Å². The number of thiazole rings is 1. The summed E-state index contributed by atoms with van der Waals surface area (Å²) in [5.74, 6) is 1.20. The van der Waals surface area contributed by atoms with E-state index >= 15 is 0 Å². The van der Waals surface area contributed by atoms with Gasteiger partial charge in [0.05, 0.1) is 13.1 Å². The van der Waals surface area contributed by atoms with E-state index in [0.29, 0.717) is 30.9 Å². The molecule has 0 aliphatic carbocycles. The van der Waals surface area contributed by atoms with E-state index in [2.05, 4.69) is 39.7 Å². The van der Waals surface area contributed by atoms with Crippen molar-refractivity contribution in [1.82, 2.24) is 20.5 Å². The molecule has 2 aromatic rings. The highest BCUT2D eigenvalue weighted by Gasteiger charge is 2.06. The maximum absolute atomic E-state index is 5.44. The van der Waals surface area contributed by atoms with Crippen molar-refractivity contribution in [1.29, 1.82) is 0 Å². The second kappa shape index (κ2) is 6.46. The predicted octanol–water partition coefficient (Wildman–Crippen LogP) is 1.88. The standard InChI is InChI=1S/C11H17N5OS/c1-8(2)5-12-6-9-15-16-11(17-9)14-7-10-13-3-4-18-10/h3-4,8,12H,5-7H2,1-2H3,(H,14,16). The van der Waals surface area contributed by atoms with Gasteiger partial charge in [-0.3, -0.25) is 0 Å². The zero-order chi connectivity index (χ0) is 12.8. The largest absolute Gasteiger partial charge is 0.407 e. The molecule has 0 saturated carbocycles. The van der Waals surface area contributed by atoms with Gasteiger partial charge >= 0.3 is 6.01 Å². The first-order valence-corrected chi connectivity index (χ1v) is 6.77. The van der Waals surface area contributed by atoms with E-state index in [0.717, 1.165) is 11.6 Å². The molecule has 18 heavy (non-hydrogen) atoms. The van der Waals surface area contributed by atoms with E-state index < -0.39 is 0 Å². The smallest absolute Gasteiger partial charge is 0.315 e. The normalized spacial score (nSPS) is 11.1. The Hall–Kier alpha value is -1.47. The van der Waals surface area contributed by atoms with Crippen molar-refractivity contribution in [3.8, 4) is 0 Å². The van der Waals surface area contributed by atoms with Gasteiger partial charge in [-0.05, 0) is 12.5 Å². The topological polar surface area (TPSA) is 75.9 Å². The van der Waals surface area contributed by atoms with E-state index in [9.17, 15) is 0 Å². The molecule has 0 aliphatic heterocycles. The molecule has 0 aromatic carbocycles. The summed E-state index contributed by atoms with van der Waals surface area (Å²) in [7, 11) is 0. The summed E-state index contributed by atoms with van der Waals surface area (Å²) < 4.78 is 5.44. The van der Waals surface area contributed by atoms with Crippen LogP contribution in [-0.4, -0.2) is 21.7 Å². The molecule has 2 rings (SSSR count). The van der Waals surface area contributed by atoms with Gasteiger partial charge in [-0.1, -0.05) is 18.9 Å². The van der Waals surface area contributed by atoms with Crippen LogP contribution >= 0.6 is 11.3 Å². The molecule has 7 heteroatoms. The Balaban J connectivity index is 1.75. The number of hydrogen-bond donors (Lipinski definition) is 2. The lowest BCUT2D eigenvalue weighted by atomic mass is 10.2. The lowest BCUT2D eigenvalue weighted by molar-refractivity contribution is 0.458. The van der Waals surface area contributed by atoms with Crippen molar-refractivity contribution in [3.63, 3.8) is 0 Å². The van der Waals surface area contributed by atoms with Gasteiger partial charge in [0.15, 0.2) is 0 Å². The molecule has 0 unspecified atom stereocenters. The first kappa shape index (κ1) is 13.0. The van der Waals surface area contributed by atoms with Crippen LogP contribution in [0.1, 0.15) is 24.7 Å². The molecule has 0 saturated heterocycles. The minimum Gasteiger partial charge on any atom is -0.407 e. The van der Waals surface area contributed by atoms with Crippen LogP contribution in [0.5, 0.6) is 0 Å². The SMILES string of the molecule is CC(C)CNCc1nnc(NCc2nccs2)o1. The summed E-state index contributed by atoms with van der Waals surface area (Å²) >= 11 is 1.59. The van der Waals surface area contributed by atoms with Crippen LogP contribution in [0.25, 0.3) is 0 Å². The summed E-state index contributed by atoms with van der Waals surface area (Å²) in [4.78, 5) is 4.16. The minimum absolute atomic E-state index is 0.437. The van der Waals surface area contributed by atoms with Crippen molar-refractivity contribution in [2.24, 2.45) is 5.92 Å². The summed E-state index contributed by atoms with van der Waals surface area (Å²) in [6.07, 6.45) is 1.77. The molecular formula is C11H17N5OS. The summed E-state index contributed by atoms with van der Waals surface area (Å²) in [6.45, 7) is 6.46. The van der Waals surface area contributed by atoms with Crippen LogP contribution in [0.2, 0.25) is 0 Å². The molecule has 0 bridgehead atoms. The van der Waals surface area contributed by atoms with E-state index in [1.54, 1.807) is 17.5 Å². The molecule has 2 aromatic heterocycles. The van der Waals surface area contributed by atoms with Crippen LogP contribution in [0, 0.1) is 5.92 Å². The second-order valence-corrected chi connectivity index (χ2v) is 5.28. The van der Waals surface area contributed by atoms with Gasteiger partial charge < -0.3 is 15.1 Å². The van der Waals surface area contributed by atoms with Crippen molar-refractivity contribution < 1.29 is 4.42 Å². The monoisotopic (exact) mass is 267 g/mol. The van der Waals surface area contributed by atoms with Crippen molar-refractivity contribution in [2.45, 2.75) is 26.9 Å². The number of nitrogens with zero attached hydrogens (tertiary/aromatic N) is 3. The summed E-state index contributed by atoms with van der Waals surface area (Å²) in [5, 5.41) is 17.1. The Kier molecular flexibility index (Phi) is 4.66. The average molecular weight is 267 g/mol. The van der Waals surface area contributed by atoms with Gasteiger partial charge in [0.1, 0.15) is 5.01 Å². The molecule has 0 spiro atoms. The Labute approximate surface area is 110 Å². The number of anilines is 1. The summed E-state index contributed by atoms with van der Waals surface area (Å²) in [5.41, 5.74) is 0. The van der Waals surface area contributed by atoms with Crippen molar-refractivity contribution in [3.05, 3.63) is 22.5 Å². The Morgan fingerprint density at radius 2 is 2.22 bits per heavy atom. The van der Waals surface area contributed by atoms with E-state index in [1.807, 2.05) is 5.38 Å². The fourth-order valence-electron chi connectivity index (χ4n) is 1.36. The Bertz CT molecular complexity index is 454. The van der Waals surface area contributed by atoms with Crippen molar-refractivity contribution in [2.75, 3.05) is 11.9 Å². The minimum atomic E-state index is 0.437. The van der Waals surface area contributed by atoms with Crippen LogP contribution in [0.3, 0.4) is 0 Å². The molecule has 2 N–H and O–H groups in total. The molecule has 98 valence electrons. The molecule has 0 amide bonds. The fraction of sp³-hybridized carbons (Fsp3) is 0.545. The maximum atomic E-state index is 5.44. The number of hydrogen-bond acceptors (Lipinski definition) is 7. The Morgan fingerprint density at radius 1 is 1.33 bits per heavy atom. The van der Waals surface area contributed by atoms with Gasteiger partial charge in [0, 0.05) is 11.6 Å². The Morgan fingerprint density at radius 3 is 2.94 bits per heavy atom. The summed E-state index contributed by atoms with van der Waals surface area (Å²) in [6, 6.07) is 0.437. The average Bonchev–Trinajstić information content (AvgIpc) is 2.96. The van der Waals surface area contributed by atoms with Crippen LogP contribution in [0.15, 0.2) is 16.0 Å². The van der Waals surface area contributed by atoms with Crippen LogP contribution < -0.4 is 10.6 Å². The zero-order valence-electron chi connectivity index (χ0n) is 10.5. The molecule has 0 fully saturated rings. The van der Waals surface area contributed by atoms with E-state index in [4.69, 9.17) is 4.42 Å². The highest BCUT2D eigenvalue weighted by molar-refractivity contribution is 7.09. The molecular weight excluding hydrogens is 250 g/mol. The fourth-order valence-corrected chi connectivity index (χ4v) is 1.91. The predicted molar refractivity (Wildman–Crippen MR) is 70.3 cm³/mol. The second-order valence-electron chi connectivity index (χ2n) is 4.31. The lowest BCUT2D eigenvalue weighted by Gasteiger charge is -2.03. The third-order valence-electron chi connectivity index (χ3n) is 2.17. The number of nitrogens with one attached hydrogen (secondary N) is 2. The highest BCUT2D eigenvalue weighted by Crippen LogP contribution is 2.09. The molecule has 0 aliphatic rings. The molecule has 6 nitrogen and oxygen atoms in total. The lowest BCUT2D eigenvalue weighted by Crippen LogP contribution is -2.19. The highest BCUT2D eigenvalue weighted by atomic mass is 32.1. The van der Waals surface area contributed by atoms with Crippen LogP contribution in [0.4, 0.5) is 6.01 Å². The van der Waals surface area contributed by atoms with E-state index in [-0.39, 0.29) is 0 Å². The van der Waals surface area contributed by atoms with Gasteiger partial charge in [-0.2, -0.15) is 0 Å². The van der Waals surface area contributed by atoms with Gasteiger partial charge in [-0.25, -0.2) is 4.98 Å². The maximum Gasteiger partial charge on any atom is 0.315 e. The first-order valence-electron chi connectivity index (χ1n) is 5.89. The molecule has 0 radical (unpaired) electrons. The molecule has 2 heterocycles. The number of aromatic nitrogens is 3. The van der Waals surface area contributed by atoms with Crippen molar-refractivity contribution >= 4 is 17.4 Å². The molecule has 0 atom stereocenters. The van der Waals surface area contributed by atoms with Gasteiger partial charge in [0.25, 0.3) is 0 Å². The van der Waals surface area contributed by atoms with Gasteiger partial charge in [0.2, 0.25) is 5.89 Å². The third-order valence-corrected chi connectivity index (χ3v) is 2.95. The zero-order valence-corrected chi connectivity index (χ0v) is 11.3. The van der Waals surface area contributed by atoms with Crippen LogP contribution in [-0.2, 0) is 13.1 Å². The van der Waals surface area contributed by atoms with Gasteiger partial charge in [-0.15, -0.1) is 16.4 Å². The number of rotatable bonds is 7. The quantitative estimate of drug-likeness (QED) is 0.797. The first-order chi connectivity index (χ1) is 8.74. The third kappa shape index (κ3) is 4.08.